The van der Waals surface area contributed by atoms with Gasteiger partial charge in [-0.1, -0.05) is 6.07 Å². The maximum atomic E-state index is 5.65. The third-order valence-electron chi connectivity index (χ3n) is 3.00. The predicted molar refractivity (Wildman–Crippen MR) is 65.6 cm³/mol. The van der Waals surface area contributed by atoms with Crippen molar-refractivity contribution in [3.8, 4) is 5.75 Å². The molecule has 1 aliphatic rings. The van der Waals surface area contributed by atoms with Crippen LogP contribution in [0.25, 0.3) is 0 Å². The summed E-state index contributed by atoms with van der Waals surface area (Å²) < 4.78 is 5.65. The summed E-state index contributed by atoms with van der Waals surface area (Å²) in [7, 11) is 2.16. The van der Waals surface area contributed by atoms with Crippen LogP contribution in [-0.2, 0) is 13.0 Å². The van der Waals surface area contributed by atoms with E-state index in [1.807, 2.05) is 0 Å². The van der Waals surface area contributed by atoms with Crippen LogP contribution < -0.4 is 10.5 Å². The van der Waals surface area contributed by atoms with Crippen LogP contribution in [0.5, 0.6) is 5.75 Å². The second kappa shape index (κ2) is 5.32. The molecule has 1 aromatic rings. The summed E-state index contributed by atoms with van der Waals surface area (Å²) in [5.41, 5.74) is 8.30. The lowest BCUT2D eigenvalue weighted by Crippen LogP contribution is -2.26. The number of ether oxygens (including phenoxy) is 1. The van der Waals surface area contributed by atoms with Gasteiger partial charge in [0, 0.05) is 13.1 Å². The highest BCUT2D eigenvalue weighted by molar-refractivity contribution is 5.37. The first kappa shape index (κ1) is 11.4. The molecule has 0 atom stereocenters. The summed E-state index contributed by atoms with van der Waals surface area (Å²) in [6.07, 6.45) is 2.04. The molecule has 0 bridgehead atoms. The van der Waals surface area contributed by atoms with E-state index in [-0.39, 0.29) is 0 Å². The average molecular weight is 220 g/mol. The number of likely N-dealkylation sites (N-methyl/N-ethyl adjacent to an activating group) is 1. The molecule has 0 aromatic heterocycles. The van der Waals surface area contributed by atoms with Gasteiger partial charge in [0.1, 0.15) is 5.75 Å². The van der Waals surface area contributed by atoms with Crippen molar-refractivity contribution in [1.82, 2.24) is 4.90 Å². The number of hydrogen-bond donors (Lipinski definition) is 1. The van der Waals surface area contributed by atoms with Crippen molar-refractivity contribution in [1.29, 1.82) is 0 Å². The Labute approximate surface area is 97.2 Å². The molecule has 16 heavy (non-hydrogen) atoms. The Bertz CT molecular complexity index is 352. The number of hydrogen-bond acceptors (Lipinski definition) is 3. The van der Waals surface area contributed by atoms with Crippen molar-refractivity contribution >= 4 is 0 Å². The first-order valence-electron chi connectivity index (χ1n) is 5.93. The van der Waals surface area contributed by atoms with E-state index >= 15 is 0 Å². The number of benzene rings is 1. The molecule has 0 saturated heterocycles. The van der Waals surface area contributed by atoms with Crippen LogP contribution in [0, 0.1) is 0 Å². The zero-order chi connectivity index (χ0) is 11.4. The van der Waals surface area contributed by atoms with Crippen LogP contribution in [0.3, 0.4) is 0 Å². The molecule has 0 saturated carbocycles. The summed E-state index contributed by atoms with van der Waals surface area (Å²) >= 11 is 0. The van der Waals surface area contributed by atoms with Gasteiger partial charge in [0.25, 0.3) is 0 Å². The lowest BCUT2D eigenvalue weighted by Gasteiger charge is -2.25. The second-order valence-corrected chi connectivity index (χ2v) is 4.41. The summed E-state index contributed by atoms with van der Waals surface area (Å²) in [6.45, 7) is 3.60. The van der Waals surface area contributed by atoms with Crippen LogP contribution in [0.4, 0.5) is 0 Å². The second-order valence-electron chi connectivity index (χ2n) is 4.41. The maximum Gasteiger partial charge on any atom is 0.119 e. The van der Waals surface area contributed by atoms with Gasteiger partial charge in [-0.15, -0.1) is 0 Å². The number of rotatable bonds is 4. The SMILES string of the molecule is CN1CCc2cc(OCCCN)ccc2C1. The van der Waals surface area contributed by atoms with Gasteiger partial charge in [-0.3, -0.25) is 0 Å². The number of fused-ring (bicyclic) bond motifs is 1. The first-order chi connectivity index (χ1) is 7.79. The van der Waals surface area contributed by atoms with Crippen LogP contribution in [-0.4, -0.2) is 31.6 Å². The van der Waals surface area contributed by atoms with Crippen molar-refractivity contribution < 1.29 is 4.74 Å². The third kappa shape index (κ3) is 2.74. The van der Waals surface area contributed by atoms with Crippen molar-refractivity contribution in [2.75, 3.05) is 26.7 Å². The molecule has 1 aliphatic heterocycles. The van der Waals surface area contributed by atoms with Crippen LogP contribution in [0.15, 0.2) is 18.2 Å². The minimum atomic E-state index is 0.690. The van der Waals surface area contributed by atoms with Gasteiger partial charge < -0.3 is 15.4 Å². The summed E-state index contributed by atoms with van der Waals surface area (Å²) in [6, 6.07) is 6.43. The molecule has 3 heteroatoms. The fraction of sp³-hybridized carbons (Fsp3) is 0.538. The summed E-state index contributed by atoms with van der Waals surface area (Å²) in [5, 5.41) is 0. The Balaban J connectivity index is 2.02. The number of nitrogens with two attached hydrogens (primary N) is 1. The fourth-order valence-electron chi connectivity index (χ4n) is 2.03. The molecule has 0 fully saturated rings. The van der Waals surface area contributed by atoms with E-state index in [0.717, 1.165) is 38.3 Å². The molecular weight excluding hydrogens is 200 g/mol. The van der Waals surface area contributed by atoms with Crippen molar-refractivity contribution in [3.63, 3.8) is 0 Å². The molecular formula is C13H20N2O. The zero-order valence-electron chi connectivity index (χ0n) is 9.91. The molecule has 0 spiro atoms. The lowest BCUT2D eigenvalue weighted by atomic mass is 10.00. The van der Waals surface area contributed by atoms with Gasteiger partial charge in [0.2, 0.25) is 0 Å². The van der Waals surface area contributed by atoms with Crippen LogP contribution >= 0.6 is 0 Å². The number of nitrogens with zero attached hydrogens (tertiary/aromatic N) is 1. The highest BCUT2D eigenvalue weighted by Gasteiger charge is 2.13. The lowest BCUT2D eigenvalue weighted by molar-refractivity contribution is 0.303. The highest BCUT2D eigenvalue weighted by Crippen LogP contribution is 2.23. The fourth-order valence-corrected chi connectivity index (χ4v) is 2.03. The van der Waals surface area contributed by atoms with Crippen LogP contribution in [0.2, 0.25) is 0 Å². The van der Waals surface area contributed by atoms with E-state index in [9.17, 15) is 0 Å². The Morgan fingerprint density at radius 1 is 1.38 bits per heavy atom. The molecule has 88 valence electrons. The Morgan fingerprint density at radius 2 is 2.25 bits per heavy atom. The molecule has 2 rings (SSSR count). The van der Waals surface area contributed by atoms with Gasteiger partial charge >= 0.3 is 0 Å². The first-order valence-corrected chi connectivity index (χ1v) is 5.93. The quantitative estimate of drug-likeness (QED) is 0.780. The molecule has 0 aliphatic carbocycles. The summed E-state index contributed by atoms with van der Waals surface area (Å²) in [5.74, 6) is 0.983. The Hall–Kier alpha value is -1.06. The van der Waals surface area contributed by atoms with Crippen molar-refractivity contribution in [2.45, 2.75) is 19.4 Å². The van der Waals surface area contributed by atoms with Gasteiger partial charge in [-0.05, 0) is 49.7 Å². The minimum absolute atomic E-state index is 0.690. The standard InChI is InChI=1S/C13H20N2O/c1-15-7-5-11-9-13(16-8-2-6-14)4-3-12(11)10-15/h3-4,9H,2,5-8,10,14H2,1H3. The summed E-state index contributed by atoms with van der Waals surface area (Å²) in [4.78, 5) is 2.34. The van der Waals surface area contributed by atoms with Gasteiger partial charge in [-0.25, -0.2) is 0 Å². The van der Waals surface area contributed by atoms with E-state index in [1.165, 1.54) is 11.1 Å². The maximum absolute atomic E-state index is 5.65. The predicted octanol–water partition coefficient (Wildman–Crippen LogP) is 1.40. The monoisotopic (exact) mass is 220 g/mol. The minimum Gasteiger partial charge on any atom is -0.494 e. The van der Waals surface area contributed by atoms with E-state index in [2.05, 4.69) is 30.1 Å². The highest BCUT2D eigenvalue weighted by atomic mass is 16.5. The molecule has 3 nitrogen and oxygen atoms in total. The van der Waals surface area contributed by atoms with Crippen LogP contribution in [0.1, 0.15) is 17.5 Å². The third-order valence-corrected chi connectivity index (χ3v) is 3.00. The van der Waals surface area contributed by atoms with E-state index in [0.29, 0.717) is 6.54 Å². The van der Waals surface area contributed by atoms with E-state index in [4.69, 9.17) is 10.5 Å². The smallest absolute Gasteiger partial charge is 0.119 e. The molecule has 2 N–H and O–H groups in total. The average Bonchev–Trinajstić information content (AvgIpc) is 2.29. The molecule has 1 aromatic carbocycles. The van der Waals surface area contributed by atoms with Crippen molar-refractivity contribution in [3.05, 3.63) is 29.3 Å². The van der Waals surface area contributed by atoms with Crippen molar-refractivity contribution in [2.24, 2.45) is 5.73 Å². The van der Waals surface area contributed by atoms with Gasteiger partial charge in [0.15, 0.2) is 0 Å². The molecule has 1 heterocycles. The van der Waals surface area contributed by atoms with E-state index in [1.54, 1.807) is 0 Å². The largest absolute Gasteiger partial charge is 0.494 e. The zero-order valence-corrected chi connectivity index (χ0v) is 9.91. The van der Waals surface area contributed by atoms with E-state index < -0.39 is 0 Å². The van der Waals surface area contributed by atoms with Gasteiger partial charge in [-0.2, -0.15) is 0 Å². The van der Waals surface area contributed by atoms with Gasteiger partial charge in [0.05, 0.1) is 6.61 Å². The topological polar surface area (TPSA) is 38.5 Å². The Morgan fingerprint density at radius 3 is 3.06 bits per heavy atom. The normalized spacial score (nSPS) is 15.9. The molecule has 0 amide bonds. The molecule has 0 radical (unpaired) electrons. The molecule has 0 unspecified atom stereocenters. The Kier molecular flexibility index (Phi) is 3.80.